The van der Waals surface area contributed by atoms with Gasteiger partial charge in [-0.05, 0) is 35.4 Å². The second-order valence-electron chi connectivity index (χ2n) is 7.43. The fourth-order valence-corrected chi connectivity index (χ4v) is 4.34. The van der Waals surface area contributed by atoms with Gasteiger partial charge in [0.25, 0.3) is 5.91 Å². The average Bonchev–Trinajstić information content (AvgIpc) is 3.21. The first-order valence-corrected chi connectivity index (χ1v) is 11.7. The van der Waals surface area contributed by atoms with Crippen molar-refractivity contribution in [1.29, 1.82) is 0 Å². The maximum absolute atomic E-state index is 12.9. The number of ether oxygens (including phenoxy) is 1. The summed E-state index contributed by atoms with van der Waals surface area (Å²) in [4.78, 5) is 25.9. The molecule has 0 atom stereocenters. The highest BCUT2D eigenvalue weighted by molar-refractivity contribution is 7.89. The van der Waals surface area contributed by atoms with E-state index in [1.165, 1.54) is 10.2 Å². The molecule has 162 valence electrons. The molecule has 9 heteroatoms. The summed E-state index contributed by atoms with van der Waals surface area (Å²) in [5, 5.41) is 3.60. The summed E-state index contributed by atoms with van der Waals surface area (Å²) in [6, 6.07) is 14.5. The van der Waals surface area contributed by atoms with Crippen molar-refractivity contribution in [2.75, 3.05) is 32.7 Å². The van der Waals surface area contributed by atoms with E-state index in [0.29, 0.717) is 24.2 Å². The van der Waals surface area contributed by atoms with Crippen molar-refractivity contribution in [2.24, 2.45) is 0 Å². The lowest BCUT2D eigenvalue weighted by molar-refractivity contribution is -0.121. The van der Waals surface area contributed by atoms with Crippen molar-refractivity contribution < 1.29 is 22.7 Å². The van der Waals surface area contributed by atoms with Gasteiger partial charge in [-0.3, -0.25) is 9.59 Å². The van der Waals surface area contributed by atoms with Gasteiger partial charge in [-0.1, -0.05) is 24.3 Å². The molecule has 3 aromatic rings. The summed E-state index contributed by atoms with van der Waals surface area (Å²) < 4.78 is 30.7. The van der Waals surface area contributed by atoms with E-state index in [2.05, 4.69) is 5.32 Å². The molecule has 1 aromatic heterocycles. The second-order valence-corrected chi connectivity index (χ2v) is 9.29. The molecule has 2 heterocycles. The number of benzene rings is 2. The van der Waals surface area contributed by atoms with Crippen LogP contribution in [-0.4, -0.2) is 61.8 Å². The first-order valence-electron chi connectivity index (χ1n) is 9.89. The standard InChI is InChI=1S/C22H23N3O5S/c1-31(28,29)25-11-8-17-4-7-19(14-20(17)25)16-2-5-18(6-3-16)22(27)24-12-10-23-21(26)9-13-30-15-24/h2-8,11,14H,9-10,12-13,15H2,1H3,(H,23,26). The predicted octanol–water partition coefficient (Wildman–Crippen LogP) is 2.05. The number of aromatic nitrogens is 1. The van der Waals surface area contributed by atoms with E-state index in [1.54, 1.807) is 29.3 Å². The third-order valence-corrected chi connectivity index (χ3v) is 6.22. The van der Waals surface area contributed by atoms with Crippen LogP contribution in [0.3, 0.4) is 0 Å². The van der Waals surface area contributed by atoms with Gasteiger partial charge in [0.05, 0.1) is 24.8 Å². The fourth-order valence-electron chi connectivity index (χ4n) is 3.54. The number of carbonyl (C=O) groups excluding carboxylic acids is 2. The Morgan fingerprint density at radius 1 is 1.06 bits per heavy atom. The molecule has 2 aromatic carbocycles. The van der Waals surface area contributed by atoms with Gasteiger partial charge in [-0.25, -0.2) is 12.4 Å². The van der Waals surface area contributed by atoms with E-state index < -0.39 is 10.0 Å². The van der Waals surface area contributed by atoms with Crippen LogP contribution in [0.25, 0.3) is 22.0 Å². The monoisotopic (exact) mass is 441 g/mol. The number of nitrogens with zero attached hydrogens (tertiary/aromatic N) is 2. The van der Waals surface area contributed by atoms with Crippen molar-refractivity contribution in [3.05, 3.63) is 60.3 Å². The van der Waals surface area contributed by atoms with Crippen molar-refractivity contribution >= 4 is 32.7 Å². The van der Waals surface area contributed by atoms with Crippen LogP contribution in [0.5, 0.6) is 0 Å². The maximum Gasteiger partial charge on any atom is 0.255 e. The van der Waals surface area contributed by atoms with E-state index in [-0.39, 0.29) is 31.6 Å². The van der Waals surface area contributed by atoms with Crippen molar-refractivity contribution in [3.63, 3.8) is 0 Å². The molecular formula is C22H23N3O5S. The molecule has 0 radical (unpaired) electrons. The Balaban J connectivity index is 1.56. The van der Waals surface area contributed by atoms with Gasteiger partial charge in [0.15, 0.2) is 0 Å². The molecule has 0 spiro atoms. The zero-order valence-electron chi connectivity index (χ0n) is 17.1. The summed E-state index contributed by atoms with van der Waals surface area (Å²) in [5.41, 5.74) is 2.84. The van der Waals surface area contributed by atoms with Crippen LogP contribution in [0, 0.1) is 0 Å². The Kier molecular flexibility index (Phi) is 5.79. The Bertz CT molecular complexity index is 1230. The van der Waals surface area contributed by atoms with Crippen LogP contribution in [0.4, 0.5) is 0 Å². The number of fused-ring (bicyclic) bond motifs is 1. The van der Waals surface area contributed by atoms with E-state index in [0.717, 1.165) is 16.5 Å². The highest BCUT2D eigenvalue weighted by atomic mass is 32.2. The van der Waals surface area contributed by atoms with Crippen LogP contribution in [0.2, 0.25) is 0 Å². The van der Waals surface area contributed by atoms with E-state index in [9.17, 15) is 18.0 Å². The number of nitrogens with one attached hydrogen (secondary N) is 1. The minimum absolute atomic E-state index is 0.0855. The molecule has 1 N–H and O–H groups in total. The van der Waals surface area contributed by atoms with Gasteiger partial charge >= 0.3 is 0 Å². The van der Waals surface area contributed by atoms with Crippen molar-refractivity contribution in [2.45, 2.75) is 6.42 Å². The number of amides is 2. The molecule has 2 amide bonds. The molecule has 0 unspecified atom stereocenters. The molecule has 4 rings (SSSR count). The van der Waals surface area contributed by atoms with E-state index in [1.807, 2.05) is 30.3 Å². The normalized spacial score (nSPS) is 15.8. The Morgan fingerprint density at radius 2 is 1.81 bits per heavy atom. The smallest absolute Gasteiger partial charge is 0.255 e. The number of carbonyl (C=O) groups is 2. The van der Waals surface area contributed by atoms with Gasteiger partial charge in [0, 0.05) is 30.2 Å². The summed E-state index contributed by atoms with van der Waals surface area (Å²) in [5.74, 6) is -0.262. The molecule has 1 saturated heterocycles. The maximum atomic E-state index is 12.9. The second kappa shape index (κ2) is 8.52. The third-order valence-electron chi connectivity index (χ3n) is 5.19. The van der Waals surface area contributed by atoms with Crippen LogP contribution >= 0.6 is 0 Å². The summed E-state index contributed by atoms with van der Waals surface area (Å²) in [6.07, 6.45) is 2.99. The first-order chi connectivity index (χ1) is 14.8. The van der Waals surface area contributed by atoms with Gasteiger partial charge in [-0.2, -0.15) is 0 Å². The molecular weight excluding hydrogens is 418 g/mol. The highest BCUT2D eigenvalue weighted by Crippen LogP contribution is 2.26. The van der Waals surface area contributed by atoms with Crippen LogP contribution < -0.4 is 5.32 Å². The number of rotatable bonds is 3. The highest BCUT2D eigenvalue weighted by Gasteiger charge is 2.18. The molecule has 1 aliphatic rings. The third kappa shape index (κ3) is 4.62. The van der Waals surface area contributed by atoms with Crippen LogP contribution in [0.15, 0.2) is 54.7 Å². The Morgan fingerprint density at radius 3 is 2.55 bits per heavy atom. The number of hydrogen-bond acceptors (Lipinski definition) is 5. The minimum atomic E-state index is -3.40. The topological polar surface area (TPSA) is 97.7 Å². The molecule has 8 nitrogen and oxygen atoms in total. The molecule has 0 aliphatic carbocycles. The average molecular weight is 442 g/mol. The predicted molar refractivity (Wildman–Crippen MR) is 117 cm³/mol. The number of hydrogen-bond donors (Lipinski definition) is 1. The van der Waals surface area contributed by atoms with E-state index >= 15 is 0 Å². The SMILES string of the molecule is CS(=O)(=O)n1ccc2ccc(-c3ccc(C(=O)N4CCNC(=O)CCOC4)cc3)cc21. The Labute approximate surface area is 180 Å². The summed E-state index contributed by atoms with van der Waals surface area (Å²) >= 11 is 0. The van der Waals surface area contributed by atoms with Crippen molar-refractivity contribution in [1.82, 2.24) is 14.2 Å². The molecule has 31 heavy (non-hydrogen) atoms. The quantitative estimate of drug-likeness (QED) is 0.671. The summed E-state index contributed by atoms with van der Waals surface area (Å²) in [6.45, 7) is 1.15. The van der Waals surface area contributed by atoms with Gasteiger partial charge in [0.1, 0.15) is 6.73 Å². The van der Waals surface area contributed by atoms with Gasteiger partial charge in [-0.15, -0.1) is 0 Å². The first kappa shape index (κ1) is 21.1. The fraction of sp³-hybridized carbons (Fsp3) is 0.273. The zero-order valence-corrected chi connectivity index (χ0v) is 17.9. The van der Waals surface area contributed by atoms with Gasteiger partial charge < -0.3 is 15.0 Å². The molecule has 0 bridgehead atoms. The van der Waals surface area contributed by atoms with Crippen LogP contribution in [0.1, 0.15) is 16.8 Å². The zero-order chi connectivity index (χ0) is 22.0. The molecule has 1 fully saturated rings. The Hall–Kier alpha value is -3.17. The lowest BCUT2D eigenvalue weighted by atomic mass is 10.0. The summed E-state index contributed by atoms with van der Waals surface area (Å²) in [7, 11) is -3.40. The molecule has 0 saturated carbocycles. The lowest BCUT2D eigenvalue weighted by Gasteiger charge is -2.21. The largest absolute Gasteiger partial charge is 0.360 e. The molecule has 1 aliphatic heterocycles. The van der Waals surface area contributed by atoms with Gasteiger partial charge in [0.2, 0.25) is 15.9 Å². The lowest BCUT2D eigenvalue weighted by Crippen LogP contribution is -2.38. The minimum Gasteiger partial charge on any atom is -0.360 e. The van der Waals surface area contributed by atoms with E-state index in [4.69, 9.17) is 4.74 Å². The van der Waals surface area contributed by atoms with Crippen molar-refractivity contribution in [3.8, 4) is 11.1 Å². The van der Waals surface area contributed by atoms with Crippen LogP contribution in [-0.2, 0) is 19.6 Å².